The fraction of sp³-hybridized carbons (Fsp3) is 0.474. The molecule has 1 aromatic heterocycles. The van der Waals surface area contributed by atoms with Gasteiger partial charge in [-0.25, -0.2) is 0 Å². The molecule has 8 heteroatoms. The monoisotopic (exact) mass is 380 g/mol. The molecule has 0 saturated carbocycles. The molecule has 0 bridgehead atoms. The van der Waals surface area contributed by atoms with Crippen molar-refractivity contribution in [3.8, 4) is 17.0 Å². The zero-order valence-electron chi connectivity index (χ0n) is 15.3. The van der Waals surface area contributed by atoms with E-state index >= 15 is 0 Å². The van der Waals surface area contributed by atoms with Crippen molar-refractivity contribution in [2.24, 2.45) is 0 Å². The van der Waals surface area contributed by atoms with E-state index in [4.69, 9.17) is 0 Å². The lowest BCUT2D eigenvalue weighted by molar-refractivity contribution is -0.137. The van der Waals surface area contributed by atoms with Crippen molar-refractivity contribution in [2.45, 2.75) is 38.9 Å². The Balaban J connectivity index is 1.74. The van der Waals surface area contributed by atoms with Crippen LogP contribution < -0.4 is 5.32 Å². The third-order valence-corrected chi connectivity index (χ3v) is 4.99. The Kier molecular flexibility index (Phi) is 5.55. The van der Waals surface area contributed by atoms with Crippen LogP contribution in [0.15, 0.2) is 24.3 Å². The van der Waals surface area contributed by atoms with Crippen molar-refractivity contribution >= 4 is 5.82 Å². The number of aromatic nitrogens is 2. The number of nitrogens with one attached hydrogen (secondary N) is 1. The molecule has 0 radical (unpaired) electrons. The molecule has 1 aromatic carbocycles. The van der Waals surface area contributed by atoms with Crippen molar-refractivity contribution < 1.29 is 18.3 Å². The summed E-state index contributed by atoms with van der Waals surface area (Å²) >= 11 is 0. The number of halogens is 3. The van der Waals surface area contributed by atoms with E-state index < -0.39 is 17.5 Å². The van der Waals surface area contributed by atoms with Gasteiger partial charge in [-0.1, -0.05) is 6.92 Å². The van der Waals surface area contributed by atoms with Gasteiger partial charge < -0.3 is 10.4 Å². The molecule has 2 aromatic rings. The molecule has 2 heterocycles. The number of hydrogen-bond acceptors (Lipinski definition) is 5. The van der Waals surface area contributed by atoms with Gasteiger partial charge in [0.15, 0.2) is 0 Å². The largest absolute Gasteiger partial charge is 0.507 e. The number of aryl methyl sites for hydroxylation is 1. The molecule has 0 spiro atoms. The predicted molar refractivity (Wildman–Crippen MR) is 97.6 cm³/mol. The van der Waals surface area contributed by atoms with Crippen LogP contribution in [-0.4, -0.2) is 45.9 Å². The van der Waals surface area contributed by atoms with Gasteiger partial charge in [0.2, 0.25) is 0 Å². The predicted octanol–water partition coefficient (Wildman–Crippen LogP) is 4.07. The van der Waals surface area contributed by atoms with E-state index in [0.29, 0.717) is 23.1 Å². The van der Waals surface area contributed by atoms with Gasteiger partial charge in [-0.15, -0.1) is 10.2 Å². The number of benzene rings is 1. The van der Waals surface area contributed by atoms with Crippen LogP contribution in [0.4, 0.5) is 19.0 Å². The van der Waals surface area contributed by atoms with Crippen molar-refractivity contribution in [2.75, 3.05) is 25.0 Å². The molecule has 1 fully saturated rings. The fourth-order valence-electron chi connectivity index (χ4n) is 3.59. The van der Waals surface area contributed by atoms with Gasteiger partial charge in [0, 0.05) is 18.2 Å². The van der Waals surface area contributed by atoms with Crippen LogP contribution in [0.5, 0.6) is 5.75 Å². The molecule has 0 aliphatic carbocycles. The van der Waals surface area contributed by atoms with Crippen LogP contribution in [0.3, 0.4) is 0 Å². The standard InChI is InChI=1S/C19H23F3N4O/c1-3-26-8-4-5-14(26)11-23-17-7-6-15(24-25-17)18-12(2)9-13(10-16(18)27)19(20,21)22/h6-7,9-10,14,27H,3-5,8,11H2,1-2H3,(H,23,25). The number of alkyl halides is 3. The Morgan fingerprint density at radius 3 is 2.63 bits per heavy atom. The Morgan fingerprint density at radius 2 is 2.04 bits per heavy atom. The zero-order valence-corrected chi connectivity index (χ0v) is 15.3. The maximum atomic E-state index is 12.9. The molecule has 27 heavy (non-hydrogen) atoms. The Bertz CT molecular complexity index is 770. The molecule has 1 aliphatic rings. The third kappa shape index (κ3) is 4.32. The summed E-state index contributed by atoms with van der Waals surface area (Å²) < 4.78 is 38.6. The Labute approximate surface area is 156 Å². The number of nitrogens with zero attached hydrogens (tertiary/aromatic N) is 3. The molecule has 1 aliphatic heterocycles. The van der Waals surface area contributed by atoms with Crippen molar-refractivity contribution in [1.29, 1.82) is 0 Å². The third-order valence-electron chi connectivity index (χ3n) is 4.99. The number of likely N-dealkylation sites (N-methyl/N-ethyl adjacent to an activating group) is 1. The first-order chi connectivity index (χ1) is 12.8. The second-order valence-corrected chi connectivity index (χ2v) is 6.79. The number of likely N-dealkylation sites (tertiary alicyclic amines) is 1. The van der Waals surface area contributed by atoms with E-state index in [9.17, 15) is 18.3 Å². The van der Waals surface area contributed by atoms with E-state index in [0.717, 1.165) is 38.2 Å². The average molecular weight is 380 g/mol. The van der Waals surface area contributed by atoms with Crippen LogP contribution in [0, 0.1) is 6.92 Å². The minimum Gasteiger partial charge on any atom is -0.507 e. The molecule has 3 rings (SSSR count). The molecule has 2 N–H and O–H groups in total. The molecule has 1 atom stereocenters. The molecule has 0 amide bonds. The minimum atomic E-state index is -4.51. The topological polar surface area (TPSA) is 61.3 Å². The van der Waals surface area contributed by atoms with E-state index in [1.807, 2.05) is 0 Å². The molecular formula is C19H23F3N4O. The lowest BCUT2D eigenvalue weighted by atomic mass is 10.0. The van der Waals surface area contributed by atoms with Crippen LogP contribution in [-0.2, 0) is 6.18 Å². The highest BCUT2D eigenvalue weighted by molar-refractivity contribution is 5.71. The van der Waals surface area contributed by atoms with Crippen LogP contribution in [0.1, 0.15) is 30.9 Å². The number of aromatic hydroxyl groups is 1. The second-order valence-electron chi connectivity index (χ2n) is 6.79. The number of rotatable bonds is 5. The Hall–Kier alpha value is -2.35. The summed E-state index contributed by atoms with van der Waals surface area (Å²) in [5.41, 5.74) is 0.00161. The van der Waals surface area contributed by atoms with Crippen LogP contribution in [0.2, 0.25) is 0 Å². The quantitative estimate of drug-likeness (QED) is 0.819. The maximum absolute atomic E-state index is 12.9. The number of hydrogen-bond donors (Lipinski definition) is 2. The number of phenolic OH excluding ortho intramolecular Hbond substituents is 1. The summed E-state index contributed by atoms with van der Waals surface area (Å²) in [4.78, 5) is 2.42. The van der Waals surface area contributed by atoms with E-state index in [1.165, 1.54) is 13.3 Å². The summed E-state index contributed by atoms with van der Waals surface area (Å²) in [7, 11) is 0. The molecule has 5 nitrogen and oxygen atoms in total. The van der Waals surface area contributed by atoms with E-state index in [1.54, 1.807) is 12.1 Å². The number of phenols is 1. The van der Waals surface area contributed by atoms with Crippen molar-refractivity contribution in [3.63, 3.8) is 0 Å². The van der Waals surface area contributed by atoms with Gasteiger partial charge in [0.1, 0.15) is 11.6 Å². The molecule has 1 unspecified atom stereocenters. The van der Waals surface area contributed by atoms with Gasteiger partial charge in [-0.2, -0.15) is 13.2 Å². The molecule has 146 valence electrons. The van der Waals surface area contributed by atoms with E-state index in [2.05, 4.69) is 27.3 Å². The SMILES string of the molecule is CCN1CCCC1CNc1ccc(-c2c(C)cc(C(F)(F)F)cc2O)nn1. The van der Waals surface area contributed by atoms with Gasteiger partial charge in [0.25, 0.3) is 0 Å². The van der Waals surface area contributed by atoms with Crippen molar-refractivity contribution in [1.82, 2.24) is 15.1 Å². The fourth-order valence-corrected chi connectivity index (χ4v) is 3.59. The maximum Gasteiger partial charge on any atom is 0.416 e. The normalized spacial score (nSPS) is 18.0. The summed E-state index contributed by atoms with van der Waals surface area (Å²) in [6.45, 7) is 6.55. The lowest BCUT2D eigenvalue weighted by Crippen LogP contribution is -2.34. The number of anilines is 1. The first-order valence-corrected chi connectivity index (χ1v) is 9.02. The van der Waals surface area contributed by atoms with Gasteiger partial charge >= 0.3 is 6.18 Å². The highest BCUT2D eigenvalue weighted by Crippen LogP contribution is 2.38. The summed E-state index contributed by atoms with van der Waals surface area (Å²) in [6.07, 6.45) is -2.17. The summed E-state index contributed by atoms with van der Waals surface area (Å²) in [5.74, 6) is 0.146. The average Bonchev–Trinajstić information content (AvgIpc) is 3.07. The second kappa shape index (κ2) is 7.72. The molecular weight excluding hydrogens is 357 g/mol. The van der Waals surface area contributed by atoms with Crippen LogP contribution >= 0.6 is 0 Å². The van der Waals surface area contributed by atoms with Crippen LogP contribution in [0.25, 0.3) is 11.3 Å². The minimum absolute atomic E-state index is 0.259. The Morgan fingerprint density at radius 1 is 1.26 bits per heavy atom. The smallest absolute Gasteiger partial charge is 0.416 e. The van der Waals surface area contributed by atoms with Gasteiger partial charge in [-0.3, -0.25) is 4.90 Å². The summed E-state index contributed by atoms with van der Waals surface area (Å²) in [6, 6.07) is 5.57. The first kappa shape index (κ1) is 19.4. The van der Waals surface area contributed by atoms with Gasteiger partial charge in [0.05, 0.1) is 11.3 Å². The summed E-state index contributed by atoms with van der Waals surface area (Å²) in [5, 5.41) is 21.5. The van der Waals surface area contributed by atoms with Gasteiger partial charge in [-0.05, 0) is 62.7 Å². The highest BCUT2D eigenvalue weighted by Gasteiger charge is 2.32. The molecule has 1 saturated heterocycles. The zero-order chi connectivity index (χ0) is 19.6. The van der Waals surface area contributed by atoms with E-state index in [-0.39, 0.29) is 5.56 Å². The highest BCUT2D eigenvalue weighted by atomic mass is 19.4. The lowest BCUT2D eigenvalue weighted by Gasteiger charge is -2.23. The first-order valence-electron chi connectivity index (χ1n) is 9.02. The van der Waals surface area contributed by atoms with Crippen molar-refractivity contribution in [3.05, 3.63) is 35.4 Å².